The molecule has 0 atom stereocenters. The summed E-state index contributed by atoms with van der Waals surface area (Å²) in [5.41, 5.74) is 7.41. The maximum atomic E-state index is 12.4. The van der Waals surface area contributed by atoms with Crippen molar-refractivity contribution in [3.05, 3.63) is 102 Å². The largest absolute Gasteiger partial charge is 0.489 e. The lowest BCUT2D eigenvalue weighted by Gasteiger charge is -2.11. The van der Waals surface area contributed by atoms with E-state index in [0.717, 1.165) is 28.1 Å². The molecule has 4 rings (SSSR count). The number of aromatic nitrogens is 2. The van der Waals surface area contributed by atoms with Gasteiger partial charge in [-0.3, -0.25) is 9.89 Å². The summed E-state index contributed by atoms with van der Waals surface area (Å²) in [4.78, 5) is 14.4. The second-order valence-corrected chi connectivity index (χ2v) is 7.65. The van der Waals surface area contributed by atoms with Crippen LogP contribution in [0.15, 0.2) is 90.0 Å². The predicted octanol–water partition coefficient (Wildman–Crippen LogP) is 4.49. The number of anilines is 1. The Morgan fingerprint density at radius 2 is 1.82 bits per heavy atom. The summed E-state index contributed by atoms with van der Waals surface area (Å²) in [6.45, 7) is 0.481. The van der Waals surface area contributed by atoms with Gasteiger partial charge in [0.05, 0.1) is 11.9 Å². The maximum absolute atomic E-state index is 12.4. The van der Waals surface area contributed by atoms with Crippen LogP contribution in [0.5, 0.6) is 5.75 Å². The summed E-state index contributed by atoms with van der Waals surface area (Å²) in [7, 11) is 3.96. The number of hydrogen-bond acceptors (Lipinski definition) is 5. The molecular formula is C26H25N5O2. The molecule has 0 aliphatic heterocycles. The minimum absolute atomic E-state index is 0.320. The van der Waals surface area contributed by atoms with Gasteiger partial charge in [0.15, 0.2) is 0 Å². The van der Waals surface area contributed by atoms with Crippen LogP contribution in [0.4, 0.5) is 5.69 Å². The molecule has 7 nitrogen and oxygen atoms in total. The molecule has 3 aromatic carbocycles. The number of ether oxygens (including phenoxy) is 1. The van der Waals surface area contributed by atoms with Crippen LogP contribution < -0.4 is 15.1 Å². The van der Waals surface area contributed by atoms with Crippen LogP contribution in [0.2, 0.25) is 0 Å². The van der Waals surface area contributed by atoms with Gasteiger partial charge >= 0.3 is 0 Å². The zero-order valence-electron chi connectivity index (χ0n) is 18.5. The second kappa shape index (κ2) is 10.3. The van der Waals surface area contributed by atoms with Gasteiger partial charge in [0.2, 0.25) is 0 Å². The van der Waals surface area contributed by atoms with E-state index in [1.54, 1.807) is 12.3 Å². The number of amides is 1. The number of nitrogens with one attached hydrogen (secondary N) is 2. The quantitative estimate of drug-likeness (QED) is 0.313. The number of hydrazone groups is 1. The normalized spacial score (nSPS) is 10.8. The number of rotatable bonds is 8. The Labute approximate surface area is 192 Å². The fraction of sp³-hybridized carbons (Fsp3) is 0.115. The average molecular weight is 440 g/mol. The van der Waals surface area contributed by atoms with Crippen molar-refractivity contribution in [1.29, 1.82) is 0 Å². The minimum atomic E-state index is -0.369. The van der Waals surface area contributed by atoms with Crippen molar-refractivity contribution >= 4 is 17.8 Å². The van der Waals surface area contributed by atoms with E-state index in [4.69, 9.17) is 4.74 Å². The summed E-state index contributed by atoms with van der Waals surface area (Å²) in [5.74, 6) is 0.363. The van der Waals surface area contributed by atoms with Crippen LogP contribution in [0.25, 0.3) is 11.3 Å². The Balaban J connectivity index is 1.36. The third-order valence-corrected chi connectivity index (χ3v) is 4.99. The van der Waals surface area contributed by atoms with Gasteiger partial charge in [-0.15, -0.1) is 0 Å². The topological polar surface area (TPSA) is 82.6 Å². The summed E-state index contributed by atoms with van der Waals surface area (Å²) < 4.78 is 5.88. The van der Waals surface area contributed by atoms with Crippen LogP contribution in [0.3, 0.4) is 0 Å². The van der Waals surface area contributed by atoms with E-state index in [1.165, 1.54) is 0 Å². The molecule has 0 aliphatic rings. The first-order valence-electron chi connectivity index (χ1n) is 10.5. The molecule has 7 heteroatoms. The number of benzene rings is 3. The fourth-order valence-electron chi connectivity index (χ4n) is 3.16. The molecule has 0 radical (unpaired) electrons. The molecule has 33 heavy (non-hydrogen) atoms. The number of nitrogens with zero attached hydrogens (tertiary/aromatic N) is 3. The van der Waals surface area contributed by atoms with E-state index < -0.39 is 0 Å². The summed E-state index contributed by atoms with van der Waals surface area (Å²) in [5, 5.41) is 11.1. The van der Waals surface area contributed by atoms with Crippen LogP contribution >= 0.6 is 0 Å². The Hall–Kier alpha value is -4.39. The first kappa shape index (κ1) is 21.8. The highest BCUT2D eigenvalue weighted by atomic mass is 16.5. The number of carbonyl (C=O) groups is 1. The maximum Gasteiger partial charge on any atom is 0.289 e. The van der Waals surface area contributed by atoms with E-state index in [0.29, 0.717) is 18.0 Å². The van der Waals surface area contributed by atoms with Crippen molar-refractivity contribution in [2.75, 3.05) is 19.0 Å². The lowest BCUT2D eigenvalue weighted by Crippen LogP contribution is -2.18. The van der Waals surface area contributed by atoms with Gasteiger partial charge in [0.25, 0.3) is 5.91 Å². The van der Waals surface area contributed by atoms with Crippen LogP contribution in [0, 0.1) is 0 Å². The van der Waals surface area contributed by atoms with Gasteiger partial charge in [-0.1, -0.05) is 54.6 Å². The molecule has 0 unspecified atom stereocenters. The SMILES string of the molecule is CN(C)c1ccc(/C=N/NC(=O)c2cc(-c3cccc(OCc4ccccc4)c3)n[nH]2)cc1. The molecule has 0 fully saturated rings. The number of carbonyl (C=O) groups excluding carboxylic acids is 1. The van der Waals surface area contributed by atoms with Crippen molar-refractivity contribution < 1.29 is 9.53 Å². The smallest absolute Gasteiger partial charge is 0.289 e. The van der Waals surface area contributed by atoms with Gasteiger partial charge in [-0.2, -0.15) is 10.2 Å². The minimum Gasteiger partial charge on any atom is -0.489 e. The predicted molar refractivity (Wildman–Crippen MR) is 131 cm³/mol. The molecule has 0 spiro atoms. The van der Waals surface area contributed by atoms with Crippen LogP contribution in [-0.2, 0) is 6.61 Å². The standard InChI is InChI=1S/C26H25N5O2/c1-31(2)22-13-11-19(12-14-22)17-27-30-26(32)25-16-24(28-29-25)21-9-6-10-23(15-21)33-18-20-7-4-3-5-8-20/h3-17H,18H2,1-2H3,(H,28,29)(H,30,32)/b27-17+. The second-order valence-electron chi connectivity index (χ2n) is 7.65. The van der Waals surface area contributed by atoms with E-state index in [1.807, 2.05) is 97.9 Å². The van der Waals surface area contributed by atoms with Gasteiger partial charge < -0.3 is 9.64 Å². The molecule has 1 heterocycles. The first-order chi connectivity index (χ1) is 16.1. The van der Waals surface area contributed by atoms with E-state index in [9.17, 15) is 4.79 Å². The molecule has 2 N–H and O–H groups in total. The molecule has 0 saturated heterocycles. The van der Waals surface area contributed by atoms with Gasteiger partial charge in [-0.05, 0) is 41.5 Å². The van der Waals surface area contributed by atoms with Crippen LogP contribution in [0.1, 0.15) is 21.6 Å². The molecule has 0 saturated carbocycles. The van der Waals surface area contributed by atoms with E-state index in [-0.39, 0.29) is 5.91 Å². The molecule has 166 valence electrons. The highest BCUT2D eigenvalue weighted by molar-refractivity contribution is 5.94. The van der Waals surface area contributed by atoms with Crippen molar-refractivity contribution in [3.8, 4) is 17.0 Å². The van der Waals surface area contributed by atoms with E-state index in [2.05, 4.69) is 20.7 Å². The van der Waals surface area contributed by atoms with Gasteiger partial charge in [0.1, 0.15) is 18.1 Å². The number of H-pyrrole nitrogens is 1. The molecule has 0 bridgehead atoms. The molecule has 0 aliphatic carbocycles. The molecule has 4 aromatic rings. The first-order valence-corrected chi connectivity index (χ1v) is 10.5. The van der Waals surface area contributed by atoms with Crippen molar-refractivity contribution in [3.63, 3.8) is 0 Å². The summed E-state index contributed by atoms with van der Waals surface area (Å²) in [6, 6.07) is 27.1. The van der Waals surface area contributed by atoms with E-state index >= 15 is 0 Å². The van der Waals surface area contributed by atoms with Gasteiger partial charge in [-0.25, -0.2) is 5.43 Å². The monoisotopic (exact) mass is 439 g/mol. The molecular weight excluding hydrogens is 414 g/mol. The fourth-order valence-corrected chi connectivity index (χ4v) is 3.16. The Bertz CT molecular complexity index is 1230. The third-order valence-electron chi connectivity index (χ3n) is 4.99. The Kier molecular flexibility index (Phi) is 6.80. The van der Waals surface area contributed by atoms with Crippen molar-refractivity contribution in [2.24, 2.45) is 5.10 Å². The zero-order chi connectivity index (χ0) is 23.0. The van der Waals surface area contributed by atoms with Crippen molar-refractivity contribution in [1.82, 2.24) is 15.6 Å². The van der Waals surface area contributed by atoms with Crippen molar-refractivity contribution in [2.45, 2.75) is 6.61 Å². The highest BCUT2D eigenvalue weighted by Crippen LogP contribution is 2.23. The summed E-state index contributed by atoms with van der Waals surface area (Å²) in [6.07, 6.45) is 1.60. The number of hydrogen-bond donors (Lipinski definition) is 2. The number of aromatic amines is 1. The zero-order valence-corrected chi connectivity index (χ0v) is 18.5. The molecule has 1 amide bonds. The van der Waals surface area contributed by atoms with Gasteiger partial charge in [0, 0.05) is 25.3 Å². The lowest BCUT2D eigenvalue weighted by molar-refractivity contribution is 0.0950. The summed E-state index contributed by atoms with van der Waals surface area (Å²) >= 11 is 0. The highest BCUT2D eigenvalue weighted by Gasteiger charge is 2.11. The van der Waals surface area contributed by atoms with Crippen LogP contribution in [-0.4, -0.2) is 36.4 Å². The third kappa shape index (κ3) is 5.86. The Morgan fingerprint density at radius 1 is 1.03 bits per heavy atom. The lowest BCUT2D eigenvalue weighted by atomic mass is 10.1. The average Bonchev–Trinajstić information content (AvgIpc) is 3.34. The molecule has 1 aromatic heterocycles. The Morgan fingerprint density at radius 3 is 2.58 bits per heavy atom.